The number of fused-ring (bicyclic) bond motifs is 2. The monoisotopic (exact) mass is 469 g/mol. The van der Waals surface area contributed by atoms with E-state index in [1.54, 1.807) is 21.6 Å². The third-order valence-corrected chi connectivity index (χ3v) is 8.54. The van der Waals surface area contributed by atoms with E-state index in [1.807, 2.05) is 30.3 Å². The van der Waals surface area contributed by atoms with Crippen LogP contribution in [0.5, 0.6) is 0 Å². The van der Waals surface area contributed by atoms with E-state index in [9.17, 15) is 18.0 Å². The van der Waals surface area contributed by atoms with Gasteiger partial charge in [-0.25, -0.2) is 13.2 Å². The molecule has 1 aliphatic heterocycles. The average Bonchev–Trinajstić information content (AvgIpc) is 3.42. The van der Waals surface area contributed by atoms with Crippen molar-refractivity contribution in [2.24, 2.45) is 0 Å². The Balaban J connectivity index is 1.16. The lowest BCUT2D eigenvalue weighted by molar-refractivity contribution is -0.132. The van der Waals surface area contributed by atoms with Crippen molar-refractivity contribution in [3.8, 4) is 0 Å². The first-order valence-corrected chi connectivity index (χ1v) is 12.9. The van der Waals surface area contributed by atoms with Crippen LogP contribution in [-0.2, 0) is 34.2 Å². The van der Waals surface area contributed by atoms with Gasteiger partial charge in [0.2, 0.25) is 15.9 Å². The fraction of sp³-hybridized carbons (Fsp3) is 0.417. The number of hydrogen-bond donors (Lipinski definition) is 0. The largest absolute Gasteiger partial charge is 0.419 e. The lowest BCUT2D eigenvalue weighted by Crippen LogP contribution is -2.50. The predicted octanol–water partition coefficient (Wildman–Crippen LogP) is 2.40. The number of sulfonamides is 1. The van der Waals surface area contributed by atoms with Crippen LogP contribution in [0.25, 0.3) is 11.1 Å². The molecule has 3 aromatic rings. The van der Waals surface area contributed by atoms with Crippen LogP contribution in [0, 0.1) is 0 Å². The molecule has 1 amide bonds. The van der Waals surface area contributed by atoms with E-state index in [-0.39, 0.29) is 19.0 Å². The fourth-order valence-corrected chi connectivity index (χ4v) is 6.28. The zero-order valence-electron chi connectivity index (χ0n) is 18.4. The average molecular weight is 470 g/mol. The van der Waals surface area contributed by atoms with E-state index in [4.69, 9.17) is 4.42 Å². The summed E-state index contributed by atoms with van der Waals surface area (Å²) in [6.07, 6.45) is 3.83. The zero-order valence-corrected chi connectivity index (χ0v) is 19.2. The smallest absolute Gasteiger partial charge is 0.408 e. The van der Waals surface area contributed by atoms with Gasteiger partial charge in [-0.15, -0.1) is 0 Å². The van der Waals surface area contributed by atoms with Gasteiger partial charge in [-0.05, 0) is 61.1 Å². The normalized spacial score (nSPS) is 16.9. The van der Waals surface area contributed by atoms with Crippen LogP contribution in [0.2, 0.25) is 0 Å². The Morgan fingerprint density at radius 1 is 0.970 bits per heavy atom. The number of carbonyl (C=O) groups excluding carboxylic acids is 1. The number of carbonyl (C=O) groups is 1. The third kappa shape index (κ3) is 4.22. The SMILES string of the molecule is O=C(CCCn1c(=O)oc2ccccc21)N1CCN(S(=O)(=O)c2ccc3c(c2)CCC3)CC1. The summed E-state index contributed by atoms with van der Waals surface area (Å²) in [6.45, 7) is 1.72. The summed E-state index contributed by atoms with van der Waals surface area (Å²) in [6, 6.07) is 12.7. The topological polar surface area (TPSA) is 92.8 Å². The summed E-state index contributed by atoms with van der Waals surface area (Å²) in [4.78, 5) is 26.8. The first-order chi connectivity index (χ1) is 15.9. The molecule has 1 aromatic heterocycles. The molecule has 1 aliphatic carbocycles. The van der Waals surface area contributed by atoms with Gasteiger partial charge >= 0.3 is 5.76 Å². The van der Waals surface area contributed by atoms with Crippen molar-refractivity contribution in [2.45, 2.75) is 43.5 Å². The van der Waals surface area contributed by atoms with Crippen LogP contribution in [0.1, 0.15) is 30.4 Å². The van der Waals surface area contributed by atoms with Crippen molar-refractivity contribution in [3.63, 3.8) is 0 Å². The number of aromatic nitrogens is 1. The molecule has 9 heteroatoms. The van der Waals surface area contributed by atoms with E-state index >= 15 is 0 Å². The van der Waals surface area contributed by atoms with Crippen molar-refractivity contribution in [3.05, 3.63) is 64.1 Å². The molecular weight excluding hydrogens is 442 g/mol. The summed E-state index contributed by atoms with van der Waals surface area (Å²) in [5.74, 6) is -0.445. The Bertz CT molecular complexity index is 1350. The summed E-state index contributed by atoms with van der Waals surface area (Å²) >= 11 is 0. The van der Waals surface area contributed by atoms with Crippen LogP contribution in [0.4, 0.5) is 0 Å². The summed E-state index contributed by atoms with van der Waals surface area (Å²) < 4.78 is 34.4. The number of hydrogen-bond acceptors (Lipinski definition) is 5. The molecule has 0 spiro atoms. The van der Waals surface area contributed by atoms with Gasteiger partial charge in [0.25, 0.3) is 0 Å². The van der Waals surface area contributed by atoms with Crippen molar-refractivity contribution in [2.75, 3.05) is 26.2 Å². The summed E-state index contributed by atoms with van der Waals surface area (Å²) in [7, 11) is -3.56. The molecule has 2 heterocycles. The van der Waals surface area contributed by atoms with Gasteiger partial charge in [0.1, 0.15) is 0 Å². The highest BCUT2D eigenvalue weighted by Gasteiger charge is 2.30. The number of para-hydroxylation sites is 2. The highest BCUT2D eigenvalue weighted by molar-refractivity contribution is 7.89. The molecule has 2 aromatic carbocycles. The fourth-order valence-electron chi connectivity index (χ4n) is 4.81. The molecule has 1 fully saturated rings. The van der Waals surface area contributed by atoms with Gasteiger partial charge in [-0.1, -0.05) is 18.2 Å². The van der Waals surface area contributed by atoms with Crippen LogP contribution < -0.4 is 5.76 Å². The number of benzene rings is 2. The Labute approximate surface area is 192 Å². The molecule has 8 nitrogen and oxygen atoms in total. The van der Waals surface area contributed by atoms with Gasteiger partial charge in [0, 0.05) is 39.1 Å². The Hall–Kier alpha value is -2.91. The number of piperazine rings is 1. The molecule has 2 aliphatic rings. The van der Waals surface area contributed by atoms with Crippen LogP contribution in [-0.4, -0.2) is 54.3 Å². The maximum atomic E-state index is 13.1. The van der Waals surface area contributed by atoms with Gasteiger partial charge in [0.15, 0.2) is 5.58 Å². The molecule has 33 heavy (non-hydrogen) atoms. The molecular formula is C24H27N3O5S. The molecule has 0 atom stereocenters. The van der Waals surface area contributed by atoms with E-state index in [0.29, 0.717) is 43.0 Å². The zero-order chi connectivity index (χ0) is 23.0. The maximum Gasteiger partial charge on any atom is 0.419 e. The number of rotatable bonds is 6. The quantitative estimate of drug-likeness (QED) is 0.553. The molecule has 5 rings (SSSR count). The second-order valence-electron chi connectivity index (χ2n) is 8.66. The Morgan fingerprint density at radius 2 is 1.73 bits per heavy atom. The van der Waals surface area contributed by atoms with Gasteiger partial charge in [0.05, 0.1) is 10.4 Å². The van der Waals surface area contributed by atoms with Crippen molar-refractivity contribution in [1.82, 2.24) is 13.8 Å². The van der Waals surface area contributed by atoms with Crippen LogP contribution >= 0.6 is 0 Å². The van der Waals surface area contributed by atoms with Gasteiger partial charge in [-0.2, -0.15) is 4.31 Å². The second kappa shape index (κ2) is 8.79. The summed E-state index contributed by atoms with van der Waals surface area (Å²) in [5, 5.41) is 0. The summed E-state index contributed by atoms with van der Waals surface area (Å²) in [5.41, 5.74) is 3.64. The lowest BCUT2D eigenvalue weighted by Gasteiger charge is -2.34. The molecule has 0 unspecified atom stereocenters. The number of oxazole rings is 1. The van der Waals surface area contributed by atoms with Crippen molar-refractivity contribution in [1.29, 1.82) is 0 Å². The highest BCUT2D eigenvalue weighted by Crippen LogP contribution is 2.27. The first kappa shape index (κ1) is 21.9. The molecule has 174 valence electrons. The van der Waals surface area contributed by atoms with E-state index < -0.39 is 15.8 Å². The van der Waals surface area contributed by atoms with E-state index in [1.165, 1.54) is 9.87 Å². The third-order valence-electron chi connectivity index (χ3n) is 6.65. The lowest BCUT2D eigenvalue weighted by atomic mass is 10.1. The maximum absolute atomic E-state index is 13.1. The van der Waals surface area contributed by atoms with E-state index in [2.05, 4.69) is 0 Å². The molecule has 1 saturated heterocycles. The first-order valence-electron chi connectivity index (χ1n) is 11.4. The van der Waals surface area contributed by atoms with Crippen molar-refractivity contribution < 1.29 is 17.6 Å². The number of amides is 1. The highest BCUT2D eigenvalue weighted by atomic mass is 32.2. The number of aryl methyl sites for hydroxylation is 3. The minimum atomic E-state index is -3.56. The van der Waals surface area contributed by atoms with E-state index in [0.717, 1.165) is 30.3 Å². The molecule has 0 N–H and O–H groups in total. The molecule has 0 saturated carbocycles. The van der Waals surface area contributed by atoms with Gasteiger partial charge in [-0.3, -0.25) is 9.36 Å². The van der Waals surface area contributed by atoms with Crippen LogP contribution in [0.3, 0.4) is 0 Å². The van der Waals surface area contributed by atoms with Gasteiger partial charge < -0.3 is 9.32 Å². The Kier molecular flexibility index (Phi) is 5.84. The number of nitrogens with zero attached hydrogens (tertiary/aromatic N) is 3. The minimum absolute atomic E-state index is 0.0228. The second-order valence-corrected chi connectivity index (χ2v) is 10.6. The van der Waals surface area contributed by atoms with Crippen molar-refractivity contribution >= 4 is 27.0 Å². The standard InChI is InChI=1S/C24H27N3O5S/c28-23(9-4-12-27-21-7-1-2-8-22(21)32-24(27)29)25-13-15-26(16-14-25)33(30,31)20-11-10-18-5-3-6-19(18)17-20/h1-2,7-8,10-11,17H,3-6,9,12-16H2. The molecule has 0 radical (unpaired) electrons. The minimum Gasteiger partial charge on any atom is -0.408 e. The molecule has 0 bridgehead atoms. The predicted molar refractivity (Wildman–Crippen MR) is 124 cm³/mol. The Morgan fingerprint density at radius 3 is 2.55 bits per heavy atom. The van der Waals surface area contributed by atoms with Crippen LogP contribution in [0.15, 0.2) is 56.6 Å².